The molecule has 1 fully saturated rings. The topological polar surface area (TPSA) is 24.9 Å². The number of rotatable bonds is 5. The number of nitrogens with zero attached hydrogens (tertiary/aromatic N) is 1. The molecule has 104 valence electrons. The van der Waals surface area contributed by atoms with Crippen molar-refractivity contribution in [3.63, 3.8) is 0 Å². The van der Waals surface area contributed by atoms with Crippen LogP contribution in [0.2, 0.25) is 5.02 Å². The normalized spacial score (nSPS) is 14.5. The van der Waals surface area contributed by atoms with Crippen molar-refractivity contribution >= 4 is 39.3 Å². The van der Waals surface area contributed by atoms with Crippen LogP contribution < -0.4 is 5.32 Å². The molecule has 0 amide bonds. The Bertz CT molecular complexity index is 599. The molecule has 3 rings (SSSR count). The Labute approximate surface area is 136 Å². The highest BCUT2D eigenvalue weighted by atomic mass is 79.9. The highest BCUT2D eigenvalue weighted by Crippen LogP contribution is 2.30. The van der Waals surface area contributed by atoms with Gasteiger partial charge in [-0.05, 0) is 42.7 Å². The average molecular weight is 370 g/mol. The van der Waals surface area contributed by atoms with E-state index in [4.69, 9.17) is 11.6 Å². The van der Waals surface area contributed by atoms with E-state index in [0.717, 1.165) is 22.1 Å². The molecule has 20 heavy (non-hydrogen) atoms. The molecule has 0 saturated heterocycles. The Kier molecular flexibility index (Phi) is 4.66. The summed E-state index contributed by atoms with van der Waals surface area (Å²) in [6.07, 6.45) is 4.30. The Morgan fingerprint density at radius 3 is 2.80 bits per heavy atom. The molecule has 0 bridgehead atoms. The van der Waals surface area contributed by atoms with Crippen LogP contribution in [0.5, 0.6) is 0 Å². The predicted octanol–water partition coefficient (Wildman–Crippen LogP) is 4.90. The first-order chi connectivity index (χ1) is 9.70. The van der Waals surface area contributed by atoms with Gasteiger partial charge in [-0.25, -0.2) is 4.98 Å². The van der Waals surface area contributed by atoms with E-state index in [0.29, 0.717) is 5.02 Å². The number of halogens is 2. The number of hydrogen-bond acceptors (Lipinski definition) is 3. The van der Waals surface area contributed by atoms with E-state index in [1.165, 1.54) is 23.3 Å². The smallest absolute Gasteiger partial charge is 0.101 e. The summed E-state index contributed by atoms with van der Waals surface area (Å²) in [4.78, 5) is 5.47. The third-order valence-electron chi connectivity index (χ3n) is 3.11. The van der Waals surface area contributed by atoms with Crippen molar-refractivity contribution in [2.24, 2.45) is 0 Å². The molecule has 0 spiro atoms. The number of hydrogen-bond donors (Lipinski definition) is 1. The molecular formula is C15H14BrClN2S. The third kappa shape index (κ3) is 3.98. The maximum Gasteiger partial charge on any atom is 0.101 e. The molecule has 1 aliphatic rings. The Morgan fingerprint density at radius 2 is 2.15 bits per heavy atom. The molecule has 0 radical (unpaired) electrons. The van der Waals surface area contributed by atoms with Gasteiger partial charge in [-0.3, -0.25) is 0 Å². The fourth-order valence-electron chi connectivity index (χ4n) is 1.82. The van der Waals surface area contributed by atoms with Gasteiger partial charge in [0.2, 0.25) is 0 Å². The van der Waals surface area contributed by atoms with Gasteiger partial charge < -0.3 is 5.32 Å². The summed E-state index contributed by atoms with van der Waals surface area (Å²) >= 11 is 11.1. The molecule has 2 aromatic rings. The zero-order valence-corrected chi connectivity index (χ0v) is 13.9. The van der Waals surface area contributed by atoms with Crippen molar-refractivity contribution in [1.29, 1.82) is 0 Å². The molecule has 2 nitrogen and oxygen atoms in total. The van der Waals surface area contributed by atoms with E-state index >= 15 is 0 Å². The molecule has 0 unspecified atom stereocenters. The quantitative estimate of drug-likeness (QED) is 0.811. The van der Waals surface area contributed by atoms with Gasteiger partial charge in [0.25, 0.3) is 0 Å². The summed E-state index contributed by atoms with van der Waals surface area (Å²) in [6.45, 7) is 0.926. The van der Waals surface area contributed by atoms with Gasteiger partial charge in [-0.15, -0.1) is 0 Å². The van der Waals surface area contributed by atoms with Gasteiger partial charge >= 0.3 is 0 Å². The lowest BCUT2D eigenvalue weighted by Crippen LogP contribution is -2.15. The fraction of sp³-hybridized carbons (Fsp3) is 0.267. The molecule has 0 atom stereocenters. The van der Waals surface area contributed by atoms with Crippen molar-refractivity contribution in [1.82, 2.24) is 10.3 Å². The van der Waals surface area contributed by atoms with E-state index in [2.05, 4.69) is 44.4 Å². The van der Waals surface area contributed by atoms with Crippen LogP contribution in [-0.4, -0.2) is 11.0 Å². The molecular weight excluding hydrogens is 356 g/mol. The summed E-state index contributed by atoms with van der Waals surface area (Å²) in [5, 5.41) is 5.14. The lowest BCUT2D eigenvalue weighted by molar-refractivity contribution is 0.685. The Hall–Kier alpha value is -0.550. The van der Waals surface area contributed by atoms with Crippen LogP contribution in [0.4, 0.5) is 0 Å². The van der Waals surface area contributed by atoms with Gasteiger partial charge in [-0.2, -0.15) is 0 Å². The second kappa shape index (κ2) is 6.48. The summed E-state index contributed by atoms with van der Waals surface area (Å²) in [6, 6.07) is 11.0. The molecule has 1 aliphatic carbocycles. The van der Waals surface area contributed by atoms with Crippen molar-refractivity contribution in [2.45, 2.75) is 35.3 Å². The van der Waals surface area contributed by atoms with Crippen LogP contribution in [0.3, 0.4) is 0 Å². The van der Waals surface area contributed by atoms with E-state index in [1.54, 1.807) is 18.0 Å². The first-order valence-electron chi connectivity index (χ1n) is 6.52. The number of benzene rings is 1. The first kappa shape index (κ1) is 14.4. The monoisotopic (exact) mass is 368 g/mol. The van der Waals surface area contributed by atoms with Crippen molar-refractivity contribution < 1.29 is 0 Å². The van der Waals surface area contributed by atoms with Crippen molar-refractivity contribution in [3.05, 3.63) is 51.6 Å². The third-order valence-corrected chi connectivity index (χ3v) is 5.01. The highest BCUT2D eigenvalue weighted by Gasteiger charge is 2.20. The Morgan fingerprint density at radius 1 is 1.30 bits per heavy atom. The van der Waals surface area contributed by atoms with Crippen LogP contribution in [0.1, 0.15) is 18.4 Å². The zero-order chi connectivity index (χ0) is 13.9. The summed E-state index contributed by atoms with van der Waals surface area (Å²) in [7, 11) is 0. The van der Waals surface area contributed by atoms with Crippen molar-refractivity contribution in [3.8, 4) is 0 Å². The number of nitrogens with one attached hydrogen (secondary N) is 1. The maximum absolute atomic E-state index is 5.84. The van der Waals surface area contributed by atoms with Crippen LogP contribution in [-0.2, 0) is 6.54 Å². The van der Waals surface area contributed by atoms with Crippen LogP contribution in [0.25, 0.3) is 0 Å². The van der Waals surface area contributed by atoms with E-state index in [9.17, 15) is 0 Å². The minimum atomic E-state index is 0.664. The minimum absolute atomic E-state index is 0.664. The maximum atomic E-state index is 5.84. The molecule has 1 saturated carbocycles. The SMILES string of the molecule is Clc1ccc(Sc2ccc(CNC3CC3)c(Br)c2)nc1. The largest absolute Gasteiger partial charge is 0.310 e. The number of aromatic nitrogens is 1. The molecule has 1 aromatic carbocycles. The van der Waals surface area contributed by atoms with Crippen LogP contribution in [0, 0.1) is 0 Å². The average Bonchev–Trinajstić information content (AvgIpc) is 3.25. The van der Waals surface area contributed by atoms with Crippen LogP contribution >= 0.6 is 39.3 Å². The van der Waals surface area contributed by atoms with Gasteiger partial charge in [-0.1, -0.05) is 45.4 Å². The highest BCUT2D eigenvalue weighted by molar-refractivity contribution is 9.10. The van der Waals surface area contributed by atoms with E-state index in [-0.39, 0.29) is 0 Å². The minimum Gasteiger partial charge on any atom is -0.310 e. The van der Waals surface area contributed by atoms with Crippen LogP contribution in [0.15, 0.2) is 50.9 Å². The summed E-state index contributed by atoms with van der Waals surface area (Å²) in [5.74, 6) is 0. The molecule has 5 heteroatoms. The van der Waals surface area contributed by atoms with Gasteiger partial charge in [0.05, 0.1) is 5.02 Å². The fourth-order valence-corrected chi connectivity index (χ4v) is 3.40. The molecule has 1 heterocycles. The van der Waals surface area contributed by atoms with Gasteiger partial charge in [0.1, 0.15) is 5.03 Å². The summed E-state index contributed by atoms with van der Waals surface area (Å²) in [5.41, 5.74) is 1.30. The molecule has 1 N–H and O–H groups in total. The van der Waals surface area contributed by atoms with E-state index < -0.39 is 0 Å². The number of pyridine rings is 1. The van der Waals surface area contributed by atoms with E-state index in [1.807, 2.05) is 12.1 Å². The lowest BCUT2D eigenvalue weighted by atomic mass is 10.2. The van der Waals surface area contributed by atoms with Gasteiger partial charge in [0, 0.05) is 28.2 Å². The van der Waals surface area contributed by atoms with Crippen molar-refractivity contribution in [2.75, 3.05) is 0 Å². The first-order valence-corrected chi connectivity index (χ1v) is 8.51. The summed E-state index contributed by atoms with van der Waals surface area (Å²) < 4.78 is 1.14. The lowest BCUT2D eigenvalue weighted by Gasteiger charge is -2.08. The second-order valence-corrected chi connectivity index (χ2v) is 7.21. The standard InChI is InChI=1S/C15H14BrClN2S/c16-14-7-13(20-15-6-2-11(17)9-19-15)5-1-10(14)8-18-12-3-4-12/h1-2,5-7,9,12,18H,3-4,8H2. The second-order valence-electron chi connectivity index (χ2n) is 4.83. The predicted molar refractivity (Wildman–Crippen MR) is 87.4 cm³/mol. The zero-order valence-electron chi connectivity index (χ0n) is 10.8. The van der Waals surface area contributed by atoms with Gasteiger partial charge in [0.15, 0.2) is 0 Å². The Balaban J connectivity index is 1.67. The molecule has 1 aromatic heterocycles. The molecule has 0 aliphatic heterocycles.